The maximum absolute atomic E-state index is 8.59. The van der Waals surface area contributed by atoms with Gasteiger partial charge in [-0.15, -0.1) is 0 Å². The normalized spacial score (nSPS) is 20.6. The smallest absolute Gasteiger partial charge is 0.140 e. The van der Waals surface area contributed by atoms with E-state index in [0.717, 1.165) is 18.9 Å². The molecule has 0 heterocycles. The van der Waals surface area contributed by atoms with Crippen LogP contribution in [0.5, 0.6) is 0 Å². The van der Waals surface area contributed by atoms with Gasteiger partial charge < -0.3 is 15.8 Å². The minimum Gasteiger partial charge on any atom is -0.409 e. The second-order valence-electron chi connectivity index (χ2n) is 4.95. The Morgan fingerprint density at radius 2 is 2.12 bits per heavy atom. The van der Waals surface area contributed by atoms with Crippen LogP contribution in [0.2, 0.25) is 0 Å². The number of rotatable bonds is 6. The van der Waals surface area contributed by atoms with Crippen molar-refractivity contribution in [2.24, 2.45) is 16.8 Å². The zero-order valence-corrected chi connectivity index (χ0v) is 10.5. The van der Waals surface area contributed by atoms with Crippen LogP contribution in [0.3, 0.4) is 0 Å². The summed E-state index contributed by atoms with van der Waals surface area (Å²) in [7, 11) is 2.15. The van der Waals surface area contributed by atoms with Crippen molar-refractivity contribution in [1.82, 2.24) is 4.90 Å². The van der Waals surface area contributed by atoms with E-state index in [1.807, 2.05) is 0 Å². The van der Waals surface area contributed by atoms with Crippen LogP contribution in [0.15, 0.2) is 5.16 Å². The van der Waals surface area contributed by atoms with Gasteiger partial charge in [-0.1, -0.05) is 24.9 Å². The molecule has 0 bridgehead atoms. The van der Waals surface area contributed by atoms with Crippen LogP contribution < -0.4 is 5.73 Å². The van der Waals surface area contributed by atoms with Crippen molar-refractivity contribution >= 4 is 5.84 Å². The molecule has 3 N–H and O–H groups in total. The second kappa shape index (κ2) is 6.74. The summed E-state index contributed by atoms with van der Waals surface area (Å²) in [6, 6.07) is 0.400. The number of hydrogen-bond acceptors (Lipinski definition) is 3. The van der Waals surface area contributed by atoms with Crippen molar-refractivity contribution in [2.45, 2.75) is 51.5 Å². The molecule has 0 amide bonds. The first-order valence-corrected chi connectivity index (χ1v) is 6.34. The third-order valence-corrected chi connectivity index (χ3v) is 3.69. The molecule has 1 unspecified atom stereocenters. The molecule has 1 aliphatic carbocycles. The molecule has 1 atom stereocenters. The van der Waals surface area contributed by atoms with Crippen molar-refractivity contribution in [3.8, 4) is 0 Å². The standard InChI is InChI=1S/C12H25N3O/c1-3-11(8-12(13)14-16)15(2)9-10-6-4-5-7-10/h10-11,16H,3-9H2,1-2H3,(H2,13,14). The van der Waals surface area contributed by atoms with E-state index in [0.29, 0.717) is 18.3 Å². The number of amidine groups is 1. The zero-order valence-electron chi connectivity index (χ0n) is 10.5. The largest absolute Gasteiger partial charge is 0.409 e. The number of nitrogens with zero attached hydrogens (tertiary/aromatic N) is 2. The van der Waals surface area contributed by atoms with Gasteiger partial charge in [-0.25, -0.2) is 0 Å². The first-order valence-electron chi connectivity index (χ1n) is 6.34. The Morgan fingerprint density at radius 3 is 2.62 bits per heavy atom. The minimum absolute atomic E-state index is 0.338. The third kappa shape index (κ3) is 4.00. The lowest BCUT2D eigenvalue weighted by atomic mass is 10.0. The fraction of sp³-hybridized carbons (Fsp3) is 0.917. The predicted octanol–water partition coefficient (Wildman–Crippen LogP) is 2.02. The van der Waals surface area contributed by atoms with Crippen molar-refractivity contribution in [2.75, 3.05) is 13.6 Å². The van der Waals surface area contributed by atoms with Gasteiger partial charge in [-0.05, 0) is 32.2 Å². The third-order valence-electron chi connectivity index (χ3n) is 3.69. The zero-order chi connectivity index (χ0) is 12.0. The van der Waals surface area contributed by atoms with Gasteiger partial charge in [0.1, 0.15) is 5.84 Å². The molecule has 0 radical (unpaired) electrons. The minimum atomic E-state index is 0.338. The SMILES string of the molecule is CCC(CC(N)=NO)N(C)CC1CCCC1. The lowest BCUT2D eigenvalue weighted by molar-refractivity contribution is 0.204. The molecule has 0 saturated heterocycles. The Morgan fingerprint density at radius 1 is 1.50 bits per heavy atom. The number of oxime groups is 1. The van der Waals surface area contributed by atoms with Crippen LogP contribution in [0, 0.1) is 5.92 Å². The second-order valence-corrected chi connectivity index (χ2v) is 4.95. The predicted molar refractivity (Wildman–Crippen MR) is 66.7 cm³/mol. The summed E-state index contributed by atoms with van der Waals surface area (Å²) in [5.41, 5.74) is 5.57. The fourth-order valence-electron chi connectivity index (χ4n) is 2.64. The molecule has 4 heteroatoms. The maximum atomic E-state index is 8.59. The van der Waals surface area contributed by atoms with Crippen molar-refractivity contribution < 1.29 is 5.21 Å². The van der Waals surface area contributed by atoms with E-state index in [9.17, 15) is 0 Å². The highest BCUT2D eigenvalue weighted by molar-refractivity contribution is 5.80. The molecule has 1 fully saturated rings. The summed E-state index contributed by atoms with van der Waals surface area (Å²) in [6.45, 7) is 3.30. The summed E-state index contributed by atoms with van der Waals surface area (Å²) < 4.78 is 0. The van der Waals surface area contributed by atoms with Crippen LogP contribution in [-0.2, 0) is 0 Å². The average molecular weight is 227 g/mol. The monoisotopic (exact) mass is 227 g/mol. The van der Waals surface area contributed by atoms with Crippen molar-refractivity contribution in [3.05, 3.63) is 0 Å². The molecule has 0 spiro atoms. The molecule has 0 aromatic heterocycles. The first-order chi connectivity index (χ1) is 7.67. The van der Waals surface area contributed by atoms with Gasteiger partial charge in [0.15, 0.2) is 0 Å². The summed E-state index contributed by atoms with van der Waals surface area (Å²) in [5.74, 6) is 1.19. The highest BCUT2D eigenvalue weighted by atomic mass is 16.4. The van der Waals surface area contributed by atoms with Crippen molar-refractivity contribution in [3.63, 3.8) is 0 Å². The quantitative estimate of drug-likeness (QED) is 0.316. The van der Waals surface area contributed by atoms with E-state index >= 15 is 0 Å². The molecule has 94 valence electrons. The Labute approximate surface area is 98.5 Å². The molecule has 0 aromatic carbocycles. The van der Waals surface area contributed by atoms with E-state index in [1.54, 1.807) is 0 Å². The van der Waals surface area contributed by atoms with Gasteiger partial charge in [-0.2, -0.15) is 0 Å². The highest BCUT2D eigenvalue weighted by Crippen LogP contribution is 2.26. The lowest BCUT2D eigenvalue weighted by Crippen LogP contribution is -2.37. The molecule has 4 nitrogen and oxygen atoms in total. The summed E-state index contributed by atoms with van der Waals surface area (Å²) in [5, 5.41) is 11.6. The van der Waals surface area contributed by atoms with Crippen LogP contribution in [0.1, 0.15) is 45.4 Å². The number of hydrogen-bond donors (Lipinski definition) is 2. The molecule has 1 aliphatic rings. The summed E-state index contributed by atoms with van der Waals surface area (Å²) in [4.78, 5) is 2.37. The van der Waals surface area contributed by atoms with E-state index in [-0.39, 0.29) is 0 Å². The molecular formula is C12H25N3O. The van der Waals surface area contributed by atoms with Gasteiger partial charge in [0.25, 0.3) is 0 Å². The molecule has 16 heavy (non-hydrogen) atoms. The van der Waals surface area contributed by atoms with Crippen LogP contribution in [0.4, 0.5) is 0 Å². The molecule has 1 saturated carbocycles. The molecular weight excluding hydrogens is 202 g/mol. The van der Waals surface area contributed by atoms with Crippen LogP contribution in [-0.4, -0.2) is 35.6 Å². The molecule has 0 aliphatic heterocycles. The van der Waals surface area contributed by atoms with E-state index in [4.69, 9.17) is 10.9 Å². The topological polar surface area (TPSA) is 61.9 Å². The average Bonchev–Trinajstić information content (AvgIpc) is 2.77. The van der Waals surface area contributed by atoms with E-state index in [2.05, 4.69) is 24.0 Å². The maximum Gasteiger partial charge on any atom is 0.140 e. The van der Waals surface area contributed by atoms with Gasteiger partial charge in [0.05, 0.1) is 0 Å². The Kier molecular flexibility index (Phi) is 5.60. The first kappa shape index (κ1) is 13.3. The van der Waals surface area contributed by atoms with Gasteiger partial charge in [0, 0.05) is 19.0 Å². The van der Waals surface area contributed by atoms with Crippen LogP contribution in [0.25, 0.3) is 0 Å². The van der Waals surface area contributed by atoms with Gasteiger partial charge in [-0.3, -0.25) is 0 Å². The lowest BCUT2D eigenvalue weighted by Gasteiger charge is -2.29. The van der Waals surface area contributed by atoms with E-state index in [1.165, 1.54) is 25.7 Å². The summed E-state index contributed by atoms with van der Waals surface area (Å²) in [6.07, 6.45) is 7.20. The molecule has 0 aromatic rings. The van der Waals surface area contributed by atoms with Crippen LogP contribution >= 0.6 is 0 Å². The van der Waals surface area contributed by atoms with E-state index < -0.39 is 0 Å². The number of nitrogens with two attached hydrogens (primary N) is 1. The Balaban J connectivity index is 2.38. The van der Waals surface area contributed by atoms with Gasteiger partial charge >= 0.3 is 0 Å². The Hall–Kier alpha value is -0.770. The highest BCUT2D eigenvalue weighted by Gasteiger charge is 2.21. The van der Waals surface area contributed by atoms with Gasteiger partial charge in [0.2, 0.25) is 0 Å². The fourth-order valence-corrected chi connectivity index (χ4v) is 2.64. The summed E-state index contributed by atoms with van der Waals surface area (Å²) >= 11 is 0. The molecule has 1 rings (SSSR count). The Bertz CT molecular complexity index is 224. The van der Waals surface area contributed by atoms with Crippen molar-refractivity contribution in [1.29, 1.82) is 0 Å².